The van der Waals surface area contributed by atoms with E-state index in [1.807, 2.05) is 0 Å². The molecule has 0 spiro atoms. The van der Waals surface area contributed by atoms with Crippen LogP contribution in [-0.4, -0.2) is 22.0 Å². The Bertz CT molecular complexity index is 916. The highest BCUT2D eigenvalue weighted by Gasteiger charge is 2.47. The lowest BCUT2D eigenvalue weighted by Gasteiger charge is -2.35. The van der Waals surface area contributed by atoms with E-state index in [1.54, 1.807) is 0 Å². The maximum atomic E-state index is 6.65. The third-order valence-corrected chi connectivity index (χ3v) is 13.6. The zero-order valence-electron chi connectivity index (χ0n) is 21.5. The van der Waals surface area contributed by atoms with Crippen LogP contribution in [-0.2, 0) is 0 Å². The Balaban J connectivity index is 1.96. The van der Waals surface area contributed by atoms with E-state index < -0.39 is 15.8 Å². The number of rotatable bonds is 3. The van der Waals surface area contributed by atoms with Crippen LogP contribution in [0.2, 0.25) is 0 Å². The van der Waals surface area contributed by atoms with Gasteiger partial charge in [0.25, 0.3) is 0 Å². The van der Waals surface area contributed by atoms with Gasteiger partial charge in [-0.2, -0.15) is 0 Å². The van der Waals surface area contributed by atoms with Gasteiger partial charge in [0.05, 0.1) is 0 Å². The lowest BCUT2D eigenvalue weighted by molar-refractivity contribution is 0.239. The molecule has 4 rings (SSSR count). The van der Waals surface area contributed by atoms with Gasteiger partial charge in [-0.1, -0.05) is 93.5 Å². The van der Waals surface area contributed by atoms with Crippen LogP contribution in [0.25, 0.3) is 11.1 Å². The highest BCUT2D eigenvalue weighted by atomic mass is 31.1. The standard InChI is InChI=1S/C28H40O2P2/c1-17(2)25-29-21-15-11-13-19(23(21)31(25)27(5,6)7)20-14-12-16-22-24(20)32(28(8,9)10)26(30-22)18(3)4/h11-18,25-26H,1-10H3/t25-,26-,31-,32-/m0/s1. The topological polar surface area (TPSA) is 18.5 Å². The lowest BCUT2D eigenvalue weighted by atomic mass is 10.0. The summed E-state index contributed by atoms with van der Waals surface area (Å²) in [5.41, 5.74) is 2.74. The maximum Gasteiger partial charge on any atom is 0.128 e. The molecule has 0 saturated carbocycles. The first-order chi connectivity index (χ1) is 14.8. The van der Waals surface area contributed by atoms with Gasteiger partial charge < -0.3 is 9.47 Å². The van der Waals surface area contributed by atoms with E-state index in [-0.39, 0.29) is 22.0 Å². The summed E-state index contributed by atoms with van der Waals surface area (Å²) >= 11 is 0. The monoisotopic (exact) mass is 470 g/mol. The van der Waals surface area contributed by atoms with Crippen molar-refractivity contribution >= 4 is 26.5 Å². The molecule has 32 heavy (non-hydrogen) atoms. The summed E-state index contributed by atoms with van der Waals surface area (Å²) < 4.78 is 13.3. The molecule has 0 aliphatic carbocycles. The molecule has 0 N–H and O–H groups in total. The molecule has 174 valence electrons. The summed E-state index contributed by atoms with van der Waals surface area (Å²) in [4.78, 5) is 0. The molecule has 2 aromatic rings. The SMILES string of the molecule is CC(C)[C@H]1Oc2cccc(-c3cccc4c3[P@](C(C)(C)C)[C@@H](C(C)C)O4)c2[P@]1C(C)(C)C. The summed E-state index contributed by atoms with van der Waals surface area (Å²) in [6, 6.07) is 13.4. The quantitative estimate of drug-likeness (QED) is 0.424. The van der Waals surface area contributed by atoms with Crippen molar-refractivity contribution in [1.29, 1.82) is 0 Å². The summed E-state index contributed by atoms with van der Waals surface area (Å²) in [5.74, 6) is 3.70. The Kier molecular flexibility index (Phi) is 6.22. The van der Waals surface area contributed by atoms with Crippen LogP contribution in [0.5, 0.6) is 11.5 Å². The minimum atomic E-state index is -0.478. The first-order valence-electron chi connectivity index (χ1n) is 12.0. The summed E-state index contributed by atoms with van der Waals surface area (Å²) in [5, 5.41) is 3.27. The Morgan fingerprint density at radius 1 is 0.625 bits per heavy atom. The van der Waals surface area contributed by atoms with Crippen LogP contribution in [0.4, 0.5) is 0 Å². The predicted octanol–water partition coefficient (Wildman–Crippen LogP) is 7.91. The predicted molar refractivity (Wildman–Crippen MR) is 143 cm³/mol. The fourth-order valence-corrected chi connectivity index (χ4v) is 11.7. The molecule has 2 aliphatic rings. The molecule has 4 atom stereocenters. The van der Waals surface area contributed by atoms with Gasteiger partial charge in [0.2, 0.25) is 0 Å². The van der Waals surface area contributed by atoms with Crippen molar-refractivity contribution in [1.82, 2.24) is 0 Å². The molecule has 0 amide bonds. The van der Waals surface area contributed by atoms with Crippen molar-refractivity contribution in [2.45, 2.75) is 91.2 Å². The summed E-state index contributed by atoms with van der Waals surface area (Å²) in [6.45, 7) is 23.5. The highest BCUT2D eigenvalue weighted by molar-refractivity contribution is 7.69. The van der Waals surface area contributed by atoms with Gasteiger partial charge >= 0.3 is 0 Å². The molecule has 0 fully saturated rings. The van der Waals surface area contributed by atoms with E-state index in [1.165, 1.54) is 21.7 Å². The minimum absolute atomic E-state index is 0.176. The number of hydrogen-bond donors (Lipinski definition) is 0. The van der Waals surface area contributed by atoms with Gasteiger partial charge in [-0.15, -0.1) is 0 Å². The van der Waals surface area contributed by atoms with Gasteiger partial charge in [-0.3, -0.25) is 0 Å². The average molecular weight is 471 g/mol. The number of hydrogen-bond acceptors (Lipinski definition) is 2. The van der Waals surface area contributed by atoms with E-state index in [0.29, 0.717) is 11.8 Å². The Morgan fingerprint density at radius 3 is 1.25 bits per heavy atom. The molecule has 0 unspecified atom stereocenters. The lowest BCUT2D eigenvalue weighted by Crippen LogP contribution is -2.29. The Labute approximate surface area is 198 Å². The summed E-state index contributed by atoms with van der Waals surface area (Å²) in [6.07, 6.45) is 0. The normalized spacial score (nSPS) is 25.0. The third-order valence-electron chi connectivity index (χ3n) is 6.36. The molecule has 0 saturated heterocycles. The van der Waals surface area contributed by atoms with Crippen LogP contribution in [0.3, 0.4) is 0 Å². The zero-order chi connectivity index (χ0) is 23.6. The van der Waals surface area contributed by atoms with Gasteiger partial charge in [0, 0.05) is 10.6 Å². The largest absolute Gasteiger partial charge is 0.485 e. The van der Waals surface area contributed by atoms with E-state index in [2.05, 4.69) is 106 Å². The van der Waals surface area contributed by atoms with Crippen molar-refractivity contribution in [3.8, 4) is 22.6 Å². The molecular weight excluding hydrogens is 430 g/mol. The minimum Gasteiger partial charge on any atom is -0.485 e. The molecule has 0 radical (unpaired) electrons. The van der Waals surface area contributed by atoms with Crippen molar-refractivity contribution < 1.29 is 9.47 Å². The molecule has 4 heteroatoms. The second-order valence-electron chi connectivity index (χ2n) is 11.9. The summed E-state index contributed by atoms with van der Waals surface area (Å²) in [7, 11) is -0.955. The van der Waals surface area contributed by atoms with Crippen LogP contribution < -0.4 is 20.1 Å². The van der Waals surface area contributed by atoms with Crippen LogP contribution in [0, 0.1) is 11.8 Å². The van der Waals surface area contributed by atoms with Gasteiger partial charge in [0.15, 0.2) is 0 Å². The van der Waals surface area contributed by atoms with E-state index in [0.717, 1.165) is 11.5 Å². The Hall–Kier alpha value is -1.10. The molecule has 0 bridgehead atoms. The maximum absolute atomic E-state index is 6.65. The first kappa shape index (κ1) is 24.0. The second-order valence-corrected chi connectivity index (χ2v) is 18.0. The van der Waals surface area contributed by atoms with Crippen molar-refractivity contribution in [3.05, 3.63) is 36.4 Å². The fourth-order valence-electron chi connectivity index (χ4n) is 5.09. The molecule has 0 aromatic heterocycles. The average Bonchev–Trinajstić information content (AvgIpc) is 3.26. The first-order valence-corrected chi connectivity index (χ1v) is 14.8. The third kappa shape index (κ3) is 4.01. The molecular formula is C28H40O2P2. The van der Waals surface area contributed by atoms with Gasteiger partial charge in [0.1, 0.15) is 23.2 Å². The smallest absolute Gasteiger partial charge is 0.128 e. The van der Waals surface area contributed by atoms with Crippen LogP contribution in [0.1, 0.15) is 69.2 Å². The molecule has 2 aliphatic heterocycles. The fraction of sp³-hybridized carbons (Fsp3) is 0.571. The van der Waals surface area contributed by atoms with Crippen molar-refractivity contribution in [2.75, 3.05) is 0 Å². The van der Waals surface area contributed by atoms with E-state index in [4.69, 9.17) is 9.47 Å². The van der Waals surface area contributed by atoms with E-state index >= 15 is 0 Å². The Morgan fingerprint density at radius 2 is 0.969 bits per heavy atom. The van der Waals surface area contributed by atoms with Gasteiger partial charge in [-0.05, 0) is 61.3 Å². The zero-order valence-corrected chi connectivity index (χ0v) is 23.3. The number of fused-ring (bicyclic) bond motifs is 2. The second kappa shape index (κ2) is 8.29. The molecule has 2 heterocycles. The van der Waals surface area contributed by atoms with Gasteiger partial charge in [-0.25, -0.2) is 0 Å². The number of ether oxygens (including phenoxy) is 2. The van der Waals surface area contributed by atoms with Crippen LogP contribution >= 0.6 is 15.8 Å². The van der Waals surface area contributed by atoms with E-state index in [9.17, 15) is 0 Å². The van der Waals surface area contributed by atoms with Crippen LogP contribution in [0.15, 0.2) is 36.4 Å². The number of benzene rings is 2. The molecule has 2 aromatic carbocycles. The van der Waals surface area contributed by atoms with Crippen molar-refractivity contribution in [3.63, 3.8) is 0 Å². The molecule has 2 nitrogen and oxygen atoms in total. The highest BCUT2D eigenvalue weighted by Crippen LogP contribution is 2.64. The van der Waals surface area contributed by atoms with Crippen molar-refractivity contribution in [2.24, 2.45) is 11.8 Å².